The van der Waals surface area contributed by atoms with Crippen molar-refractivity contribution in [2.24, 2.45) is 0 Å². The van der Waals surface area contributed by atoms with Crippen molar-refractivity contribution < 1.29 is 24.2 Å². The molecule has 2 amide bonds. The number of likely N-dealkylation sites (tertiary alicyclic amines) is 1. The zero-order valence-electron chi connectivity index (χ0n) is 12.8. The van der Waals surface area contributed by atoms with Crippen LogP contribution in [-0.4, -0.2) is 52.7 Å². The molecule has 1 aliphatic rings. The van der Waals surface area contributed by atoms with E-state index in [9.17, 15) is 14.4 Å². The van der Waals surface area contributed by atoms with Crippen LogP contribution in [0.5, 0.6) is 0 Å². The van der Waals surface area contributed by atoms with Crippen molar-refractivity contribution in [3.63, 3.8) is 0 Å². The van der Waals surface area contributed by atoms with E-state index in [1.807, 2.05) is 0 Å². The zero-order valence-corrected chi connectivity index (χ0v) is 12.8. The summed E-state index contributed by atoms with van der Waals surface area (Å²) in [4.78, 5) is 35.9. The topological polar surface area (TPSA) is 95.9 Å². The van der Waals surface area contributed by atoms with Gasteiger partial charge in [0.15, 0.2) is 0 Å². The zero-order chi connectivity index (χ0) is 16.0. The van der Waals surface area contributed by atoms with Gasteiger partial charge in [0, 0.05) is 19.5 Å². The molecule has 1 rings (SSSR count). The highest BCUT2D eigenvalue weighted by atomic mass is 16.6. The number of rotatable bonds is 5. The quantitative estimate of drug-likeness (QED) is 0.747. The van der Waals surface area contributed by atoms with Gasteiger partial charge in [0.25, 0.3) is 0 Å². The summed E-state index contributed by atoms with van der Waals surface area (Å²) in [6.07, 6.45) is 1.27. The highest BCUT2D eigenvalue weighted by Crippen LogP contribution is 2.20. The van der Waals surface area contributed by atoms with Crippen molar-refractivity contribution >= 4 is 18.0 Å². The maximum Gasteiger partial charge on any atom is 0.410 e. The summed E-state index contributed by atoms with van der Waals surface area (Å²) in [5.41, 5.74) is -0.595. The van der Waals surface area contributed by atoms with Crippen LogP contribution in [0.25, 0.3) is 0 Å². The normalized spacial score (nSPS) is 18.4. The third-order valence-corrected chi connectivity index (χ3v) is 3.05. The SMILES string of the molecule is CC(C)(C)OC(=O)N1CCC[C@H]1C(=O)NCCCC(=O)O. The average Bonchev–Trinajstić information content (AvgIpc) is 2.81. The molecule has 0 aromatic rings. The molecule has 0 aliphatic carbocycles. The number of aliphatic carboxylic acids is 1. The van der Waals surface area contributed by atoms with Crippen molar-refractivity contribution in [2.75, 3.05) is 13.1 Å². The second-order valence-corrected chi connectivity index (χ2v) is 6.12. The van der Waals surface area contributed by atoms with Crippen molar-refractivity contribution in [1.82, 2.24) is 10.2 Å². The van der Waals surface area contributed by atoms with Gasteiger partial charge in [-0.3, -0.25) is 14.5 Å². The number of carbonyl (C=O) groups is 3. The minimum Gasteiger partial charge on any atom is -0.481 e. The second-order valence-electron chi connectivity index (χ2n) is 6.12. The molecule has 0 aromatic carbocycles. The molecular weight excluding hydrogens is 276 g/mol. The van der Waals surface area contributed by atoms with Crippen LogP contribution in [0.3, 0.4) is 0 Å². The smallest absolute Gasteiger partial charge is 0.410 e. The van der Waals surface area contributed by atoms with Crippen molar-refractivity contribution in [3.8, 4) is 0 Å². The molecule has 0 radical (unpaired) electrons. The average molecular weight is 300 g/mol. The van der Waals surface area contributed by atoms with Crippen molar-refractivity contribution in [3.05, 3.63) is 0 Å². The molecule has 0 aromatic heterocycles. The standard InChI is InChI=1S/C14H24N2O5/c1-14(2,3)21-13(20)16-9-5-6-10(16)12(19)15-8-4-7-11(17)18/h10H,4-9H2,1-3H3,(H,15,19)(H,17,18)/t10-/m0/s1. The lowest BCUT2D eigenvalue weighted by molar-refractivity contribution is -0.137. The minimum absolute atomic E-state index is 0.0146. The fourth-order valence-corrected chi connectivity index (χ4v) is 2.15. The number of carboxylic acids is 1. The summed E-state index contributed by atoms with van der Waals surface area (Å²) in [6.45, 7) is 6.14. The van der Waals surface area contributed by atoms with E-state index < -0.39 is 23.7 Å². The summed E-state index contributed by atoms with van der Waals surface area (Å²) in [5.74, 6) is -1.13. The lowest BCUT2D eigenvalue weighted by Gasteiger charge is -2.28. The van der Waals surface area contributed by atoms with Gasteiger partial charge in [-0.15, -0.1) is 0 Å². The molecule has 1 atom stereocenters. The maximum atomic E-state index is 12.1. The van der Waals surface area contributed by atoms with Gasteiger partial charge in [0.05, 0.1) is 0 Å². The number of hydrogen-bond acceptors (Lipinski definition) is 4. The number of carbonyl (C=O) groups excluding carboxylic acids is 2. The van der Waals surface area contributed by atoms with E-state index in [-0.39, 0.29) is 12.3 Å². The number of carboxylic acid groups (broad SMARTS) is 1. The molecule has 1 saturated heterocycles. The van der Waals surface area contributed by atoms with Gasteiger partial charge in [0.1, 0.15) is 11.6 Å². The second kappa shape index (κ2) is 7.28. The van der Waals surface area contributed by atoms with E-state index >= 15 is 0 Å². The van der Waals surface area contributed by atoms with E-state index in [0.29, 0.717) is 25.9 Å². The predicted octanol–water partition coefficient (Wildman–Crippen LogP) is 1.37. The summed E-state index contributed by atoms with van der Waals surface area (Å²) >= 11 is 0. The van der Waals surface area contributed by atoms with Crippen LogP contribution in [0, 0.1) is 0 Å². The largest absolute Gasteiger partial charge is 0.481 e. The van der Waals surface area contributed by atoms with Crippen LogP contribution >= 0.6 is 0 Å². The van der Waals surface area contributed by atoms with Gasteiger partial charge < -0.3 is 15.2 Å². The van der Waals surface area contributed by atoms with Gasteiger partial charge in [-0.05, 0) is 40.0 Å². The Morgan fingerprint density at radius 2 is 2.00 bits per heavy atom. The molecule has 0 saturated carbocycles. The first-order chi connectivity index (χ1) is 9.70. The van der Waals surface area contributed by atoms with Gasteiger partial charge in [0.2, 0.25) is 5.91 Å². The first kappa shape index (κ1) is 17.3. The fourth-order valence-electron chi connectivity index (χ4n) is 2.15. The van der Waals surface area contributed by atoms with Crippen LogP contribution in [-0.2, 0) is 14.3 Å². The van der Waals surface area contributed by atoms with Crippen molar-refractivity contribution in [2.45, 2.75) is 58.1 Å². The summed E-state index contributed by atoms with van der Waals surface area (Å²) in [7, 11) is 0. The lowest BCUT2D eigenvalue weighted by Crippen LogP contribution is -2.47. The number of hydrogen-bond donors (Lipinski definition) is 2. The Hall–Kier alpha value is -1.79. The Kier molecular flexibility index (Phi) is 5.99. The minimum atomic E-state index is -0.888. The van der Waals surface area contributed by atoms with Gasteiger partial charge in [-0.1, -0.05) is 0 Å². The molecular formula is C14H24N2O5. The third-order valence-electron chi connectivity index (χ3n) is 3.05. The summed E-state index contributed by atoms with van der Waals surface area (Å²) in [5, 5.41) is 11.2. The molecule has 1 heterocycles. The van der Waals surface area contributed by atoms with Crippen LogP contribution in [0.1, 0.15) is 46.5 Å². The van der Waals surface area contributed by atoms with Gasteiger partial charge in [-0.25, -0.2) is 4.79 Å². The first-order valence-corrected chi connectivity index (χ1v) is 7.20. The van der Waals surface area contributed by atoms with Crippen molar-refractivity contribution in [1.29, 1.82) is 0 Å². The molecule has 0 unspecified atom stereocenters. The fraction of sp³-hybridized carbons (Fsp3) is 0.786. The molecule has 7 heteroatoms. The van der Waals surface area contributed by atoms with E-state index in [0.717, 1.165) is 6.42 Å². The molecule has 0 spiro atoms. The Balaban J connectivity index is 2.46. The van der Waals surface area contributed by atoms with Crippen LogP contribution in [0.4, 0.5) is 4.79 Å². The highest BCUT2D eigenvalue weighted by molar-refractivity contribution is 5.86. The Bertz CT molecular complexity index is 403. The molecule has 2 N–H and O–H groups in total. The molecule has 1 fully saturated rings. The predicted molar refractivity (Wildman–Crippen MR) is 75.8 cm³/mol. The van der Waals surface area contributed by atoms with Crippen LogP contribution in [0.15, 0.2) is 0 Å². The number of nitrogens with one attached hydrogen (secondary N) is 1. The molecule has 21 heavy (non-hydrogen) atoms. The molecule has 7 nitrogen and oxygen atoms in total. The van der Waals surface area contributed by atoms with Gasteiger partial charge in [-0.2, -0.15) is 0 Å². The third kappa shape index (κ3) is 6.01. The number of ether oxygens (including phenoxy) is 1. The Morgan fingerprint density at radius 1 is 1.33 bits per heavy atom. The maximum absolute atomic E-state index is 12.1. The Labute approximate surface area is 124 Å². The van der Waals surface area contributed by atoms with E-state index in [1.165, 1.54) is 4.90 Å². The Morgan fingerprint density at radius 3 is 2.57 bits per heavy atom. The molecule has 1 aliphatic heterocycles. The van der Waals surface area contributed by atoms with Crippen LogP contribution < -0.4 is 5.32 Å². The van der Waals surface area contributed by atoms with Gasteiger partial charge >= 0.3 is 12.1 Å². The van der Waals surface area contributed by atoms with E-state index in [4.69, 9.17) is 9.84 Å². The number of nitrogens with zero attached hydrogens (tertiary/aromatic N) is 1. The number of amides is 2. The highest BCUT2D eigenvalue weighted by Gasteiger charge is 2.36. The first-order valence-electron chi connectivity index (χ1n) is 7.20. The molecule has 120 valence electrons. The van der Waals surface area contributed by atoms with E-state index in [1.54, 1.807) is 20.8 Å². The van der Waals surface area contributed by atoms with Crippen LogP contribution in [0.2, 0.25) is 0 Å². The lowest BCUT2D eigenvalue weighted by atomic mass is 10.2. The van der Waals surface area contributed by atoms with E-state index in [2.05, 4.69) is 5.32 Å². The molecule has 0 bridgehead atoms. The summed E-state index contributed by atoms with van der Waals surface area (Å²) in [6, 6.07) is -0.523. The monoisotopic (exact) mass is 300 g/mol. The summed E-state index contributed by atoms with van der Waals surface area (Å²) < 4.78 is 5.29.